The fourth-order valence-electron chi connectivity index (χ4n) is 2.74. The Morgan fingerprint density at radius 1 is 1.16 bits per heavy atom. The van der Waals surface area contributed by atoms with Crippen LogP contribution in [-0.2, 0) is 9.59 Å². The number of rotatable bonds is 5. The van der Waals surface area contributed by atoms with Crippen molar-refractivity contribution < 1.29 is 18.8 Å². The Morgan fingerprint density at radius 2 is 1.76 bits per heavy atom. The largest absolute Gasteiger partial charge is 0.354 e. The molecular weight excluding hydrogens is 325 g/mol. The van der Waals surface area contributed by atoms with Crippen LogP contribution in [0.5, 0.6) is 0 Å². The molecule has 1 aliphatic rings. The quantitative estimate of drug-likeness (QED) is 0.787. The number of nitrogens with zero attached hydrogens (tertiary/aromatic N) is 1. The standard InChI is InChI=1S/C18H24FN3O3/c1-18(2,3)22-11-13(10-15(22)23)17(25)21-9-8-20-16(24)12-4-6-14(19)7-5-12/h4-7,13H,8-11H2,1-3H3,(H,20,24)(H,21,25)/t13-/m1/s1. The summed E-state index contributed by atoms with van der Waals surface area (Å²) in [6.07, 6.45) is 0.213. The van der Waals surface area contributed by atoms with Gasteiger partial charge in [-0.1, -0.05) is 0 Å². The maximum atomic E-state index is 12.8. The van der Waals surface area contributed by atoms with Gasteiger partial charge in [0.25, 0.3) is 5.91 Å². The van der Waals surface area contributed by atoms with E-state index in [1.807, 2.05) is 20.8 Å². The van der Waals surface area contributed by atoms with E-state index in [0.717, 1.165) is 0 Å². The van der Waals surface area contributed by atoms with Gasteiger partial charge in [0.1, 0.15) is 5.82 Å². The zero-order valence-corrected chi connectivity index (χ0v) is 14.8. The van der Waals surface area contributed by atoms with E-state index in [0.29, 0.717) is 12.1 Å². The second-order valence-corrected chi connectivity index (χ2v) is 7.13. The van der Waals surface area contributed by atoms with Crippen molar-refractivity contribution in [3.8, 4) is 0 Å². The van der Waals surface area contributed by atoms with E-state index in [-0.39, 0.29) is 48.7 Å². The van der Waals surface area contributed by atoms with Crippen LogP contribution in [0.25, 0.3) is 0 Å². The molecule has 136 valence electrons. The number of hydrogen-bond donors (Lipinski definition) is 2. The summed E-state index contributed by atoms with van der Waals surface area (Å²) in [6, 6.07) is 5.23. The summed E-state index contributed by atoms with van der Waals surface area (Å²) in [5.74, 6) is -1.30. The molecule has 1 heterocycles. The highest BCUT2D eigenvalue weighted by atomic mass is 19.1. The van der Waals surface area contributed by atoms with E-state index in [1.165, 1.54) is 24.3 Å². The van der Waals surface area contributed by atoms with Crippen molar-refractivity contribution in [3.05, 3.63) is 35.6 Å². The van der Waals surface area contributed by atoms with Gasteiger partial charge in [-0.25, -0.2) is 4.39 Å². The van der Waals surface area contributed by atoms with Crippen molar-refractivity contribution in [2.45, 2.75) is 32.7 Å². The van der Waals surface area contributed by atoms with E-state index < -0.39 is 5.82 Å². The minimum absolute atomic E-state index is 0.0164. The number of likely N-dealkylation sites (tertiary alicyclic amines) is 1. The van der Waals surface area contributed by atoms with Gasteiger partial charge in [-0.3, -0.25) is 14.4 Å². The molecule has 7 heteroatoms. The molecule has 1 aromatic rings. The molecular formula is C18H24FN3O3. The molecule has 0 aromatic heterocycles. The van der Waals surface area contributed by atoms with Gasteiger partial charge in [-0.15, -0.1) is 0 Å². The average Bonchev–Trinajstić information content (AvgIpc) is 2.94. The molecule has 0 radical (unpaired) electrons. The first-order valence-corrected chi connectivity index (χ1v) is 8.30. The molecule has 1 fully saturated rings. The van der Waals surface area contributed by atoms with Crippen LogP contribution >= 0.6 is 0 Å². The molecule has 1 atom stereocenters. The average molecular weight is 349 g/mol. The zero-order chi connectivity index (χ0) is 18.6. The van der Waals surface area contributed by atoms with Gasteiger partial charge in [0, 0.05) is 37.2 Å². The summed E-state index contributed by atoms with van der Waals surface area (Å²) in [4.78, 5) is 37.7. The Balaban J connectivity index is 1.73. The molecule has 1 saturated heterocycles. The van der Waals surface area contributed by atoms with Crippen molar-refractivity contribution in [2.75, 3.05) is 19.6 Å². The molecule has 0 unspecified atom stereocenters. The smallest absolute Gasteiger partial charge is 0.251 e. The second-order valence-electron chi connectivity index (χ2n) is 7.13. The molecule has 0 spiro atoms. The van der Waals surface area contributed by atoms with Crippen LogP contribution in [0.2, 0.25) is 0 Å². The van der Waals surface area contributed by atoms with Crippen molar-refractivity contribution in [3.63, 3.8) is 0 Å². The van der Waals surface area contributed by atoms with Gasteiger partial charge in [0.2, 0.25) is 11.8 Å². The van der Waals surface area contributed by atoms with E-state index in [2.05, 4.69) is 10.6 Å². The fraction of sp³-hybridized carbons (Fsp3) is 0.500. The van der Waals surface area contributed by atoms with E-state index in [9.17, 15) is 18.8 Å². The van der Waals surface area contributed by atoms with Crippen molar-refractivity contribution in [2.24, 2.45) is 5.92 Å². The lowest BCUT2D eigenvalue weighted by Crippen LogP contribution is -2.43. The van der Waals surface area contributed by atoms with Crippen molar-refractivity contribution in [1.29, 1.82) is 0 Å². The predicted molar refractivity (Wildman–Crippen MR) is 91.3 cm³/mol. The van der Waals surface area contributed by atoms with E-state index in [4.69, 9.17) is 0 Å². The molecule has 0 bridgehead atoms. The van der Waals surface area contributed by atoms with Crippen LogP contribution in [0.15, 0.2) is 24.3 Å². The third kappa shape index (κ3) is 5.01. The minimum Gasteiger partial charge on any atom is -0.354 e. The normalized spacial score (nSPS) is 17.5. The highest BCUT2D eigenvalue weighted by Gasteiger charge is 2.39. The SMILES string of the molecule is CC(C)(C)N1C[C@H](C(=O)NCCNC(=O)c2ccc(F)cc2)CC1=O. The second kappa shape index (κ2) is 7.63. The van der Waals surface area contributed by atoms with Gasteiger partial charge < -0.3 is 15.5 Å². The van der Waals surface area contributed by atoms with E-state index >= 15 is 0 Å². The van der Waals surface area contributed by atoms with E-state index in [1.54, 1.807) is 4.90 Å². The first-order chi connectivity index (χ1) is 11.7. The predicted octanol–water partition coefficient (Wildman–Crippen LogP) is 1.32. The topological polar surface area (TPSA) is 78.5 Å². The highest BCUT2D eigenvalue weighted by molar-refractivity contribution is 5.94. The van der Waals surface area contributed by atoms with Crippen molar-refractivity contribution >= 4 is 17.7 Å². The maximum Gasteiger partial charge on any atom is 0.251 e. The summed E-state index contributed by atoms with van der Waals surface area (Å²) in [5.41, 5.74) is 0.0600. The van der Waals surface area contributed by atoms with Crippen LogP contribution in [0.1, 0.15) is 37.6 Å². The van der Waals surface area contributed by atoms with Crippen LogP contribution in [0.4, 0.5) is 4.39 Å². The summed E-state index contributed by atoms with van der Waals surface area (Å²) < 4.78 is 12.8. The molecule has 1 aliphatic heterocycles. The van der Waals surface area contributed by atoms with Crippen LogP contribution in [0.3, 0.4) is 0 Å². The number of amides is 3. The van der Waals surface area contributed by atoms with Crippen LogP contribution in [-0.4, -0.2) is 47.8 Å². The number of halogens is 1. The highest BCUT2D eigenvalue weighted by Crippen LogP contribution is 2.25. The molecule has 2 rings (SSSR count). The molecule has 6 nitrogen and oxygen atoms in total. The molecule has 3 amide bonds. The fourth-order valence-corrected chi connectivity index (χ4v) is 2.74. The first-order valence-electron chi connectivity index (χ1n) is 8.30. The number of carbonyl (C=O) groups is 3. The molecule has 1 aromatic carbocycles. The molecule has 25 heavy (non-hydrogen) atoms. The lowest BCUT2D eigenvalue weighted by atomic mass is 10.1. The molecule has 0 saturated carbocycles. The first kappa shape index (κ1) is 18.9. The Kier molecular flexibility index (Phi) is 5.77. The summed E-state index contributed by atoms with van der Waals surface area (Å²) in [5, 5.41) is 5.39. The molecule has 2 N–H and O–H groups in total. The van der Waals surface area contributed by atoms with Gasteiger partial charge in [-0.05, 0) is 45.0 Å². The minimum atomic E-state index is -0.403. The molecule has 0 aliphatic carbocycles. The van der Waals surface area contributed by atoms with Gasteiger partial charge in [0.15, 0.2) is 0 Å². The van der Waals surface area contributed by atoms with Gasteiger partial charge >= 0.3 is 0 Å². The van der Waals surface area contributed by atoms with Crippen molar-refractivity contribution in [1.82, 2.24) is 15.5 Å². The summed E-state index contributed by atoms with van der Waals surface area (Å²) in [6.45, 7) is 6.76. The van der Waals surface area contributed by atoms with Crippen LogP contribution < -0.4 is 10.6 Å². The van der Waals surface area contributed by atoms with Gasteiger partial charge in [-0.2, -0.15) is 0 Å². The Bertz CT molecular complexity index is 653. The number of carbonyl (C=O) groups excluding carboxylic acids is 3. The maximum absolute atomic E-state index is 12.8. The van der Waals surface area contributed by atoms with Gasteiger partial charge in [0.05, 0.1) is 5.92 Å². The Labute approximate surface area is 146 Å². The Hall–Kier alpha value is -2.44. The third-order valence-electron chi connectivity index (χ3n) is 4.12. The number of hydrogen-bond acceptors (Lipinski definition) is 3. The number of nitrogens with one attached hydrogen (secondary N) is 2. The number of benzene rings is 1. The summed E-state index contributed by atoms with van der Waals surface area (Å²) in [7, 11) is 0. The zero-order valence-electron chi connectivity index (χ0n) is 14.8. The van der Waals surface area contributed by atoms with Crippen LogP contribution in [0, 0.1) is 11.7 Å². The third-order valence-corrected chi connectivity index (χ3v) is 4.12. The monoisotopic (exact) mass is 349 g/mol. The Morgan fingerprint density at radius 3 is 2.32 bits per heavy atom. The summed E-state index contributed by atoms with van der Waals surface area (Å²) >= 11 is 0. The lowest BCUT2D eigenvalue weighted by Gasteiger charge is -2.31. The lowest BCUT2D eigenvalue weighted by molar-refractivity contribution is -0.132.